The molecule has 104 valence electrons. The van der Waals surface area contributed by atoms with Crippen LogP contribution >= 0.6 is 23.1 Å². The Morgan fingerprint density at radius 2 is 2.32 bits per heavy atom. The number of thiophene rings is 1. The molecule has 19 heavy (non-hydrogen) atoms. The summed E-state index contributed by atoms with van der Waals surface area (Å²) in [7, 11) is 0. The molecule has 0 aromatic carbocycles. The lowest BCUT2D eigenvalue weighted by Gasteiger charge is -2.28. The van der Waals surface area contributed by atoms with Gasteiger partial charge < -0.3 is 5.32 Å². The molecular formula is C16H23NS2. The lowest BCUT2D eigenvalue weighted by molar-refractivity contribution is 0.487. The van der Waals surface area contributed by atoms with Crippen LogP contribution in [-0.2, 0) is 0 Å². The van der Waals surface area contributed by atoms with Crippen LogP contribution in [0.5, 0.6) is 0 Å². The van der Waals surface area contributed by atoms with E-state index in [1.807, 2.05) is 11.3 Å². The molecule has 1 aliphatic heterocycles. The molecule has 0 saturated carbocycles. The third kappa shape index (κ3) is 3.45. The number of hydrogen-bond donors (Lipinski definition) is 1. The van der Waals surface area contributed by atoms with Crippen LogP contribution in [-0.4, -0.2) is 11.8 Å². The zero-order chi connectivity index (χ0) is 13.1. The third-order valence-electron chi connectivity index (χ3n) is 4.13. The van der Waals surface area contributed by atoms with Gasteiger partial charge in [-0.2, -0.15) is 0 Å². The van der Waals surface area contributed by atoms with Crippen molar-refractivity contribution in [3.05, 3.63) is 28.7 Å². The second-order valence-electron chi connectivity index (χ2n) is 5.69. The van der Waals surface area contributed by atoms with E-state index in [0.29, 0.717) is 6.04 Å². The van der Waals surface area contributed by atoms with E-state index in [2.05, 4.69) is 41.5 Å². The molecule has 3 rings (SSSR count). The first-order chi connectivity index (χ1) is 9.33. The summed E-state index contributed by atoms with van der Waals surface area (Å²) in [5.41, 5.74) is 3.23. The van der Waals surface area contributed by atoms with Crippen LogP contribution in [0.2, 0.25) is 0 Å². The largest absolute Gasteiger partial charge is 0.310 e. The van der Waals surface area contributed by atoms with Crippen molar-refractivity contribution in [1.82, 2.24) is 5.32 Å². The van der Waals surface area contributed by atoms with E-state index < -0.39 is 0 Å². The van der Waals surface area contributed by atoms with Crippen molar-refractivity contribution in [2.45, 2.75) is 60.9 Å². The molecule has 3 heteroatoms. The van der Waals surface area contributed by atoms with E-state index in [0.717, 1.165) is 11.8 Å². The lowest BCUT2D eigenvalue weighted by atomic mass is 9.97. The van der Waals surface area contributed by atoms with Crippen LogP contribution in [0.3, 0.4) is 0 Å². The molecule has 0 radical (unpaired) electrons. The predicted octanol–water partition coefficient (Wildman–Crippen LogP) is 5.15. The van der Waals surface area contributed by atoms with Crippen molar-refractivity contribution < 1.29 is 0 Å². The van der Waals surface area contributed by atoms with Gasteiger partial charge in [0, 0.05) is 11.3 Å². The molecular weight excluding hydrogens is 270 g/mol. The van der Waals surface area contributed by atoms with Gasteiger partial charge in [0.25, 0.3) is 0 Å². The molecule has 1 nitrogen and oxygen atoms in total. The first kappa shape index (κ1) is 13.7. The molecule has 1 aromatic heterocycles. The Balaban J connectivity index is 1.54. The number of hydrogen-bond acceptors (Lipinski definition) is 3. The fraction of sp³-hybridized carbons (Fsp3) is 0.625. The Morgan fingerprint density at radius 1 is 1.37 bits per heavy atom. The maximum Gasteiger partial charge on any atom is 0.0649 e. The van der Waals surface area contributed by atoms with Gasteiger partial charge in [-0.15, -0.1) is 23.1 Å². The Labute approximate surface area is 124 Å². The van der Waals surface area contributed by atoms with Crippen molar-refractivity contribution in [3.63, 3.8) is 0 Å². The first-order valence-electron chi connectivity index (χ1n) is 7.48. The van der Waals surface area contributed by atoms with E-state index in [1.165, 1.54) is 42.7 Å². The summed E-state index contributed by atoms with van der Waals surface area (Å²) in [6.07, 6.45) is 10.4. The minimum atomic E-state index is 0.585. The minimum Gasteiger partial charge on any atom is -0.310 e. The minimum absolute atomic E-state index is 0.585. The lowest BCUT2D eigenvalue weighted by Crippen LogP contribution is -2.27. The SMILES string of the molecule is C[C@H]1CC(NCCC2=CCCCC2)c2ccsc2S1. The first-order valence-corrected chi connectivity index (χ1v) is 9.24. The highest BCUT2D eigenvalue weighted by molar-refractivity contribution is 8.01. The van der Waals surface area contributed by atoms with Crippen LogP contribution in [0.25, 0.3) is 0 Å². The monoisotopic (exact) mass is 293 g/mol. The summed E-state index contributed by atoms with van der Waals surface area (Å²) in [4.78, 5) is 0. The number of nitrogens with one attached hydrogen (secondary N) is 1. The maximum atomic E-state index is 3.79. The van der Waals surface area contributed by atoms with E-state index in [-0.39, 0.29) is 0 Å². The Hall–Kier alpha value is -0.250. The standard InChI is InChI=1S/C16H23NS2/c1-12-11-15(14-8-10-18-16(14)19-12)17-9-7-13-5-3-2-4-6-13/h5,8,10,12,15,17H,2-4,6-7,9,11H2,1H3/t12-,15?/m0/s1. The van der Waals surface area contributed by atoms with Gasteiger partial charge in [-0.05, 0) is 62.1 Å². The summed E-state index contributed by atoms with van der Waals surface area (Å²) >= 11 is 3.96. The molecule has 2 heterocycles. The molecule has 0 fully saturated rings. The van der Waals surface area contributed by atoms with Gasteiger partial charge >= 0.3 is 0 Å². The zero-order valence-corrected chi connectivity index (χ0v) is 13.3. The molecule has 1 aliphatic carbocycles. The van der Waals surface area contributed by atoms with Crippen LogP contribution in [0.1, 0.15) is 57.1 Å². The van der Waals surface area contributed by atoms with Gasteiger partial charge in [-0.3, -0.25) is 0 Å². The number of allylic oxidation sites excluding steroid dienone is 1. The topological polar surface area (TPSA) is 12.0 Å². The van der Waals surface area contributed by atoms with Crippen molar-refractivity contribution in [2.75, 3.05) is 6.54 Å². The van der Waals surface area contributed by atoms with Crippen LogP contribution in [0.4, 0.5) is 0 Å². The molecule has 0 amide bonds. The molecule has 2 atom stereocenters. The molecule has 1 aromatic rings. The Kier molecular flexibility index (Phi) is 4.67. The summed E-state index contributed by atoms with van der Waals surface area (Å²) in [6, 6.07) is 2.90. The van der Waals surface area contributed by atoms with Crippen molar-refractivity contribution >= 4 is 23.1 Å². The van der Waals surface area contributed by atoms with Crippen LogP contribution in [0, 0.1) is 0 Å². The molecule has 1 unspecified atom stereocenters. The summed E-state index contributed by atoms with van der Waals surface area (Å²) < 4.78 is 1.54. The number of fused-ring (bicyclic) bond motifs is 1. The highest BCUT2D eigenvalue weighted by atomic mass is 32.2. The number of thioether (sulfide) groups is 1. The van der Waals surface area contributed by atoms with Gasteiger partial charge in [-0.1, -0.05) is 18.6 Å². The van der Waals surface area contributed by atoms with E-state index in [1.54, 1.807) is 11.1 Å². The highest BCUT2D eigenvalue weighted by Crippen LogP contribution is 2.43. The average Bonchev–Trinajstić information content (AvgIpc) is 2.88. The Bertz CT molecular complexity index is 449. The molecule has 0 spiro atoms. The third-order valence-corrected chi connectivity index (χ3v) is 6.48. The molecule has 0 bridgehead atoms. The van der Waals surface area contributed by atoms with Crippen molar-refractivity contribution in [2.24, 2.45) is 0 Å². The van der Waals surface area contributed by atoms with Gasteiger partial charge in [0.1, 0.15) is 0 Å². The van der Waals surface area contributed by atoms with Gasteiger partial charge in [-0.25, -0.2) is 0 Å². The fourth-order valence-corrected chi connectivity index (χ4v) is 5.65. The van der Waals surface area contributed by atoms with E-state index in [4.69, 9.17) is 0 Å². The van der Waals surface area contributed by atoms with Gasteiger partial charge in [0.15, 0.2) is 0 Å². The summed E-state index contributed by atoms with van der Waals surface area (Å²) in [5.74, 6) is 0. The van der Waals surface area contributed by atoms with Crippen LogP contribution < -0.4 is 5.32 Å². The van der Waals surface area contributed by atoms with Crippen molar-refractivity contribution in [1.29, 1.82) is 0 Å². The Morgan fingerprint density at radius 3 is 3.16 bits per heavy atom. The van der Waals surface area contributed by atoms with E-state index in [9.17, 15) is 0 Å². The quantitative estimate of drug-likeness (QED) is 0.770. The molecule has 1 N–H and O–H groups in total. The van der Waals surface area contributed by atoms with Gasteiger partial charge in [0.2, 0.25) is 0 Å². The van der Waals surface area contributed by atoms with Gasteiger partial charge in [0.05, 0.1) is 4.21 Å². The maximum absolute atomic E-state index is 3.79. The second kappa shape index (κ2) is 6.47. The highest BCUT2D eigenvalue weighted by Gasteiger charge is 2.25. The summed E-state index contributed by atoms with van der Waals surface area (Å²) in [6.45, 7) is 3.49. The fourth-order valence-electron chi connectivity index (χ4n) is 3.08. The molecule has 0 saturated heterocycles. The zero-order valence-electron chi connectivity index (χ0n) is 11.7. The van der Waals surface area contributed by atoms with Crippen LogP contribution in [0.15, 0.2) is 27.3 Å². The van der Waals surface area contributed by atoms with Crippen molar-refractivity contribution in [3.8, 4) is 0 Å². The predicted molar refractivity (Wildman–Crippen MR) is 86.2 cm³/mol. The molecule has 2 aliphatic rings. The number of rotatable bonds is 4. The smallest absolute Gasteiger partial charge is 0.0649 e. The normalized spacial score (nSPS) is 26.9. The average molecular weight is 294 g/mol. The second-order valence-corrected chi connectivity index (χ2v) is 8.32. The summed E-state index contributed by atoms with van der Waals surface area (Å²) in [5, 5.41) is 6.79. The van der Waals surface area contributed by atoms with E-state index >= 15 is 0 Å².